The first-order chi connectivity index (χ1) is 9.91. The van der Waals surface area contributed by atoms with E-state index >= 15 is 0 Å². The van der Waals surface area contributed by atoms with E-state index in [1.165, 1.54) is 44.3 Å². The fourth-order valence-corrected chi connectivity index (χ4v) is 7.27. The minimum Gasteiger partial charge on any atom is -0.314 e. The van der Waals surface area contributed by atoms with E-state index in [2.05, 4.69) is 46.4 Å². The molecule has 0 aliphatic heterocycles. The number of alkyl halides is 1. The lowest BCUT2D eigenvalue weighted by Crippen LogP contribution is -2.57. The predicted molar refractivity (Wildman–Crippen MR) is 87.4 cm³/mol. The Morgan fingerprint density at radius 2 is 1.76 bits per heavy atom. The van der Waals surface area contributed by atoms with Crippen LogP contribution >= 0.6 is 15.9 Å². The van der Waals surface area contributed by atoms with E-state index in [0.717, 1.165) is 23.6 Å². The molecule has 116 valence electrons. The second-order valence-corrected chi connectivity index (χ2v) is 9.29. The fraction of sp³-hybridized carbons (Fsp3) is 0.882. The van der Waals surface area contributed by atoms with Crippen molar-refractivity contribution in [2.75, 3.05) is 0 Å². The summed E-state index contributed by atoms with van der Waals surface area (Å²) in [5.41, 5.74) is 1.37. The molecular formula is C17H26BrN3. The van der Waals surface area contributed by atoms with Crippen molar-refractivity contribution >= 4 is 15.9 Å². The summed E-state index contributed by atoms with van der Waals surface area (Å²) in [6.45, 7) is 8.27. The van der Waals surface area contributed by atoms with Gasteiger partial charge in [0, 0.05) is 12.0 Å². The average Bonchev–Trinajstić information content (AvgIpc) is 2.77. The van der Waals surface area contributed by atoms with Crippen LogP contribution in [0.4, 0.5) is 0 Å². The lowest BCUT2D eigenvalue weighted by atomic mass is 9.40. The molecule has 0 spiro atoms. The number of hydrogen-bond acceptors (Lipinski definition) is 2. The first-order valence-electron chi connectivity index (χ1n) is 8.40. The van der Waals surface area contributed by atoms with Crippen LogP contribution in [0.3, 0.4) is 0 Å². The second-order valence-electron chi connectivity index (χ2n) is 8.73. The molecule has 3 nitrogen and oxygen atoms in total. The zero-order chi connectivity index (χ0) is 14.9. The molecule has 1 aromatic rings. The minimum absolute atomic E-state index is 0.298. The Hall–Kier alpha value is -0.380. The Balaban J connectivity index is 1.83. The quantitative estimate of drug-likeness (QED) is 0.753. The van der Waals surface area contributed by atoms with E-state index in [0.29, 0.717) is 16.2 Å². The van der Waals surface area contributed by atoms with Crippen LogP contribution in [0.5, 0.6) is 0 Å². The van der Waals surface area contributed by atoms with Gasteiger partial charge in [0.15, 0.2) is 0 Å². The van der Waals surface area contributed by atoms with E-state index in [1.807, 2.05) is 0 Å². The minimum atomic E-state index is 0.298. The van der Waals surface area contributed by atoms with Crippen molar-refractivity contribution < 1.29 is 0 Å². The zero-order valence-corrected chi connectivity index (χ0v) is 15.0. The van der Waals surface area contributed by atoms with Crippen LogP contribution < -0.4 is 0 Å². The lowest BCUT2D eigenvalue weighted by Gasteiger charge is -2.65. The zero-order valence-electron chi connectivity index (χ0n) is 13.5. The van der Waals surface area contributed by atoms with Gasteiger partial charge in [0.2, 0.25) is 0 Å². The number of aromatic nitrogens is 3. The number of halogens is 1. The predicted octanol–water partition coefficient (Wildman–Crippen LogP) is 4.44. The molecule has 1 heterocycles. The molecule has 4 aliphatic carbocycles. The third-order valence-corrected chi connectivity index (χ3v) is 6.87. The molecule has 2 unspecified atom stereocenters. The molecule has 0 N–H and O–H groups in total. The molecule has 0 amide bonds. The van der Waals surface area contributed by atoms with Crippen molar-refractivity contribution in [3.8, 4) is 0 Å². The highest BCUT2D eigenvalue weighted by Gasteiger charge is 2.62. The monoisotopic (exact) mass is 351 g/mol. The molecule has 4 bridgehead atoms. The van der Waals surface area contributed by atoms with Gasteiger partial charge in [0.1, 0.15) is 11.6 Å². The molecule has 4 fully saturated rings. The van der Waals surface area contributed by atoms with Crippen LogP contribution in [0.1, 0.15) is 70.9 Å². The Kier molecular flexibility index (Phi) is 2.94. The highest BCUT2D eigenvalue weighted by atomic mass is 79.9. The standard InChI is InChI=1S/C17H26BrN3/c1-4-21-13(8-18)19-20-14(21)17-7-12-5-15(2,10-17)9-16(3,6-12)11-17/h12H,4-11H2,1-3H3. The van der Waals surface area contributed by atoms with Gasteiger partial charge in [-0.15, -0.1) is 10.2 Å². The number of rotatable bonds is 3. The van der Waals surface area contributed by atoms with Crippen molar-refractivity contribution in [2.24, 2.45) is 16.7 Å². The topological polar surface area (TPSA) is 30.7 Å². The van der Waals surface area contributed by atoms with Crippen LogP contribution in [0.25, 0.3) is 0 Å². The van der Waals surface area contributed by atoms with Crippen LogP contribution in [0.15, 0.2) is 0 Å². The van der Waals surface area contributed by atoms with Crippen LogP contribution in [-0.2, 0) is 17.3 Å². The van der Waals surface area contributed by atoms with Crippen LogP contribution in [0.2, 0.25) is 0 Å². The highest BCUT2D eigenvalue weighted by Crippen LogP contribution is 2.69. The summed E-state index contributed by atoms with van der Waals surface area (Å²) in [6, 6.07) is 0. The second kappa shape index (κ2) is 4.33. The third kappa shape index (κ3) is 1.97. The molecule has 2 atom stereocenters. The van der Waals surface area contributed by atoms with Crippen LogP contribution in [0, 0.1) is 16.7 Å². The summed E-state index contributed by atoms with van der Waals surface area (Å²) in [4.78, 5) is 0. The Labute approximate surface area is 136 Å². The molecular weight excluding hydrogens is 326 g/mol. The molecule has 21 heavy (non-hydrogen) atoms. The van der Waals surface area contributed by atoms with Crippen LogP contribution in [-0.4, -0.2) is 14.8 Å². The molecule has 0 aromatic carbocycles. The number of hydrogen-bond donors (Lipinski definition) is 0. The summed E-state index contributed by atoms with van der Waals surface area (Å²) in [5, 5.41) is 9.97. The maximum absolute atomic E-state index is 4.69. The van der Waals surface area contributed by atoms with Crippen molar-refractivity contribution in [1.82, 2.24) is 14.8 Å². The molecule has 4 heteroatoms. The smallest absolute Gasteiger partial charge is 0.143 e. The van der Waals surface area contributed by atoms with Gasteiger partial charge < -0.3 is 4.57 Å². The maximum atomic E-state index is 4.69. The van der Waals surface area contributed by atoms with Gasteiger partial charge >= 0.3 is 0 Å². The lowest BCUT2D eigenvalue weighted by molar-refractivity contribution is -0.113. The molecule has 0 saturated heterocycles. The van der Waals surface area contributed by atoms with Crippen molar-refractivity contribution in [3.05, 3.63) is 11.6 Å². The Bertz CT molecular complexity index is 561. The summed E-state index contributed by atoms with van der Waals surface area (Å²) in [5.74, 6) is 3.30. The van der Waals surface area contributed by atoms with Gasteiger partial charge in [-0.1, -0.05) is 29.8 Å². The Morgan fingerprint density at radius 3 is 2.29 bits per heavy atom. The van der Waals surface area contributed by atoms with Gasteiger partial charge in [-0.25, -0.2) is 0 Å². The van der Waals surface area contributed by atoms with Gasteiger partial charge in [-0.2, -0.15) is 0 Å². The molecule has 4 saturated carbocycles. The van der Waals surface area contributed by atoms with Gasteiger partial charge in [0.05, 0.1) is 5.33 Å². The van der Waals surface area contributed by atoms with Crippen molar-refractivity contribution in [2.45, 2.75) is 76.6 Å². The highest BCUT2D eigenvalue weighted by molar-refractivity contribution is 9.08. The van der Waals surface area contributed by atoms with E-state index < -0.39 is 0 Å². The normalized spacial score (nSPS) is 44.5. The number of nitrogens with zero attached hydrogens (tertiary/aromatic N) is 3. The molecule has 5 rings (SSSR count). The summed E-state index contributed by atoms with van der Waals surface area (Å²) in [6.07, 6.45) is 8.30. The van der Waals surface area contributed by atoms with E-state index in [9.17, 15) is 0 Å². The first kappa shape index (κ1) is 14.2. The third-order valence-electron chi connectivity index (χ3n) is 6.36. The molecule has 1 aromatic heterocycles. The summed E-state index contributed by atoms with van der Waals surface area (Å²) in [7, 11) is 0. The van der Waals surface area contributed by atoms with Gasteiger partial charge in [-0.05, 0) is 62.2 Å². The molecule has 0 radical (unpaired) electrons. The SMILES string of the molecule is CCn1c(CBr)nnc1C12CC3CC(C)(CC(C)(C3)C1)C2. The Morgan fingerprint density at radius 1 is 1.10 bits per heavy atom. The van der Waals surface area contributed by atoms with Crippen molar-refractivity contribution in [1.29, 1.82) is 0 Å². The first-order valence-corrected chi connectivity index (χ1v) is 9.52. The largest absolute Gasteiger partial charge is 0.314 e. The van der Waals surface area contributed by atoms with E-state index in [4.69, 9.17) is 5.10 Å². The summed E-state index contributed by atoms with van der Waals surface area (Å²) < 4.78 is 2.38. The van der Waals surface area contributed by atoms with Gasteiger partial charge in [0.25, 0.3) is 0 Å². The average molecular weight is 352 g/mol. The van der Waals surface area contributed by atoms with Crippen molar-refractivity contribution in [3.63, 3.8) is 0 Å². The fourth-order valence-electron chi connectivity index (χ4n) is 6.86. The van der Waals surface area contributed by atoms with E-state index in [-0.39, 0.29) is 0 Å². The van der Waals surface area contributed by atoms with Gasteiger partial charge in [-0.3, -0.25) is 0 Å². The van der Waals surface area contributed by atoms with E-state index in [1.54, 1.807) is 0 Å². The maximum Gasteiger partial charge on any atom is 0.143 e. The summed E-state index contributed by atoms with van der Waals surface area (Å²) >= 11 is 3.57. The molecule has 4 aliphatic rings.